The van der Waals surface area contributed by atoms with Crippen molar-refractivity contribution in [2.75, 3.05) is 20.1 Å². The standard InChI is InChI=1S/C12H19BrN2S/c1-15(7-9-3-2-4-9)11(6-14)12-5-10(13)8-16-12/h5,8-9,11H,2-4,6-7,14H2,1H3. The van der Waals surface area contributed by atoms with E-state index in [0.29, 0.717) is 12.6 Å². The summed E-state index contributed by atoms with van der Waals surface area (Å²) >= 11 is 5.30. The zero-order valence-corrected chi connectivity index (χ0v) is 12.1. The fourth-order valence-corrected chi connectivity index (χ4v) is 3.85. The Labute approximate surface area is 110 Å². The molecule has 1 aromatic rings. The SMILES string of the molecule is CN(CC1CCC1)C(CN)c1cc(Br)cs1. The van der Waals surface area contributed by atoms with E-state index in [0.717, 1.165) is 5.92 Å². The lowest BCUT2D eigenvalue weighted by Gasteiger charge is -2.34. The predicted molar refractivity (Wildman–Crippen MR) is 73.8 cm³/mol. The summed E-state index contributed by atoms with van der Waals surface area (Å²) in [6, 6.07) is 2.58. The second kappa shape index (κ2) is 5.63. The fraction of sp³-hybridized carbons (Fsp3) is 0.667. The summed E-state index contributed by atoms with van der Waals surface area (Å²) in [6.07, 6.45) is 4.21. The van der Waals surface area contributed by atoms with Crippen LogP contribution >= 0.6 is 27.3 Å². The van der Waals surface area contributed by atoms with Gasteiger partial charge in [-0.15, -0.1) is 11.3 Å². The Morgan fingerprint density at radius 3 is 2.81 bits per heavy atom. The maximum atomic E-state index is 5.90. The molecule has 0 amide bonds. The van der Waals surface area contributed by atoms with Crippen molar-refractivity contribution in [3.63, 3.8) is 0 Å². The molecule has 2 N–H and O–H groups in total. The summed E-state index contributed by atoms with van der Waals surface area (Å²) in [5, 5.41) is 2.13. The first-order chi connectivity index (χ1) is 7.70. The van der Waals surface area contributed by atoms with Gasteiger partial charge < -0.3 is 5.73 Å². The molecule has 1 aliphatic carbocycles. The summed E-state index contributed by atoms with van der Waals surface area (Å²) in [5.41, 5.74) is 5.90. The molecule has 0 saturated heterocycles. The van der Waals surface area contributed by atoms with Crippen LogP contribution in [0.3, 0.4) is 0 Å². The molecule has 1 fully saturated rings. The van der Waals surface area contributed by atoms with Crippen LogP contribution in [0.1, 0.15) is 30.2 Å². The minimum atomic E-state index is 0.386. The second-order valence-corrected chi connectivity index (χ2v) is 6.51. The smallest absolute Gasteiger partial charge is 0.0562 e. The molecule has 16 heavy (non-hydrogen) atoms. The van der Waals surface area contributed by atoms with Gasteiger partial charge in [0.05, 0.1) is 6.04 Å². The van der Waals surface area contributed by atoms with Crippen LogP contribution in [-0.4, -0.2) is 25.0 Å². The number of rotatable bonds is 5. The average molecular weight is 303 g/mol. The number of nitrogens with zero attached hydrogens (tertiary/aromatic N) is 1. The van der Waals surface area contributed by atoms with Gasteiger partial charge in [-0.2, -0.15) is 0 Å². The van der Waals surface area contributed by atoms with Crippen molar-refractivity contribution in [1.29, 1.82) is 0 Å². The molecule has 1 aromatic heterocycles. The maximum Gasteiger partial charge on any atom is 0.0562 e. The van der Waals surface area contributed by atoms with Gasteiger partial charge in [0.15, 0.2) is 0 Å². The van der Waals surface area contributed by atoms with Gasteiger partial charge in [0.25, 0.3) is 0 Å². The maximum absolute atomic E-state index is 5.90. The van der Waals surface area contributed by atoms with Crippen molar-refractivity contribution in [3.8, 4) is 0 Å². The van der Waals surface area contributed by atoms with Gasteiger partial charge in [0, 0.05) is 27.8 Å². The van der Waals surface area contributed by atoms with E-state index in [1.807, 2.05) is 0 Å². The zero-order chi connectivity index (χ0) is 11.5. The van der Waals surface area contributed by atoms with Crippen molar-refractivity contribution >= 4 is 27.3 Å². The van der Waals surface area contributed by atoms with Crippen LogP contribution in [0.2, 0.25) is 0 Å². The Bertz CT molecular complexity index is 336. The third-order valence-corrected chi connectivity index (χ3v) is 5.24. The highest BCUT2D eigenvalue weighted by molar-refractivity contribution is 9.10. The molecule has 0 bridgehead atoms. The minimum absolute atomic E-state index is 0.386. The lowest BCUT2D eigenvalue weighted by Crippen LogP contribution is -2.35. The zero-order valence-electron chi connectivity index (χ0n) is 9.66. The Kier molecular flexibility index (Phi) is 4.41. The molecule has 1 heterocycles. The van der Waals surface area contributed by atoms with Gasteiger partial charge in [-0.3, -0.25) is 4.90 Å². The molecule has 1 aliphatic rings. The van der Waals surface area contributed by atoms with Crippen LogP contribution in [0, 0.1) is 5.92 Å². The average Bonchev–Trinajstić information content (AvgIpc) is 2.60. The summed E-state index contributed by atoms with van der Waals surface area (Å²) < 4.78 is 1.17. The third-order valence-electron chi connectivity index (χ3n) is 3.44. The van der Waals surface area contributed by atoms with Gasteiger partial charge in [0.2, 0.25) is 0 Å². The minimum Gasteiger partial charge on any atom is -0.329 e. The molecule has 4 heteroatoms. The molecule has 1 unspecified atom stereocenters. The number of hydrogen-bond donors (Lipinski definition) is 1. The predicted octanol–water partition coefficient (Wildman–Crippen LogP) is 3.24. The summed E-state index contributed by atoms with van der Waals surface area (Å²) in [7, 11) is 2.20. The second-order valence-electron chi connectivity index (χ2n) is 4.66. The van der Waals surface area contributed by atoms with Gasteiger partial charge >= 0.3 is 0 Å². The van der Waals surface area contributed by atoms with Gasteiger partial charge in [-0.05, 0) is 47.8 Å². The Morgan fingerprint density at radius 1 is 1.62 bits per heavy atom. The monoisotopic (exact) mass is 302 g/mol. The van der Waals surface area contributed by atoms with Crippen LogP contribution in [-0.2, 0) is 0 Å². The molecule has 0 aromatic carbocycles. The van der Waals surface area contributed by atoms with E-state index in [2.05, 4.69) is 39.3 Å². The number of halogens is 1. The molecule has 0 spiro atoms. The summed E-state index contributed by atoms with van der Waals surface area (Å²) in [5.74, 6) is 0.905. The van der Waals surface area contributed by atoms with Gasteiger partial charge in [0.1, 0.15) is 0 Å². The van der Waals surface area contributed by atoms with Crippen LogP contribution in [0.4, 0.5) is 0 Å². The molecule has 2 nitrogen and oxygen atoms in total. The molecule has 0 radical (unpaired) electrons. The third kappa shape index (κ3) is 2.86. The van der Waals surface area contributed by atoms with Crippen LogP contribution in [0.15, 0.2) is 15.9 Å². The number of thiophene rings is 1. The topological polar surface area (TPSA) is 29.3 Å². The molecule has 2 rings (SSSR count). The van der Waals surface area contributed by atoms with E-state index in [1.54, 1.807) is 11.3 Å². The highest BCUT2D eigenvalue weighted by Gasteiger charge is 2.23. The van der Waals surface area contributed by atoms with Crippen molar-refractivity contribution in [1.82, 2.24) is 4.90 Å². The Morgan fingerprint density at radius 2 is 2.38 bits per heavy atom. The van der Waals surface area contributed by atoms with E-state index in [-0.39, 0.29) is 0 Å². The normalized spacial score (nSPS) is 18.8. The summed E-state index contributed by atoms with van der Waals surface area (Å²) in [4.78, 5) is 3.79. The van der Waals surface area contributed by atoms with Gasteiger partial charge in [-0.1, -0.05) is 6.42 Å². The molecule has 1 saturated carbocycles. The number of nitrogens with two attached hydrogens (primary N) is 1. The van der Waals surface area contributed by atoms with Crippen molar-refractivity contribution in [2.45, 2.75) is 25.3 Å². The largest absolute Gasteiger partial charge is 0.329 e. The first-order valence-electron chi connectivity index (χ1n) is 5.85. The lowest BCUT2D eigenvalue weighted by molar-refractivity contribution is 0.166. The highest BCUT2D eigenvalue weighted by atomic mass is 79.9. The molecule has 0 aliphatic heterocycles. The Hall–Kier alpha value is 0.1000. The van der Waals surface area contributed by atoms with E-state index >= 15 is 0 Å². The van der Waals surface area contributed by atoms with Crippen molar-refractivity contribution < 1.29 is 0 Å². The van der Waals surface area contributed by atoms with Crippen LogP contribution < -0.4 is 5.73 Å². The quantitative estimate of drug-likeness (QED) is 0.905. The Balaban J connectivity index is 1.97. The van der Waals surface area contributed by atoms with Crippen LogP contribution in [0.5, 0.6) is 0 Å². The van der Waals surface area contributed by atoms with Gasteiger partial charge in [-0.25, -0.2) is 0 Å². The van der Waals surface area contributed by atoms with E-state index in [1.165, 1.54) is 35.2 Å². The lowest BCUT2D eigenvalue weighted by atomic mass is 9.85. The highest BCUT2D eigenvalue weighted by Crippen LogP contribution is 2.32. The fourth-order valence-electron chi connectivity index (χ4n) is 2.23. The van der Waals surface area contributed by atoms with Crippen molar-refractivity contribution in [2.24, 2.45) is 11.7 Å². The molecule has 1 atom stereocenters. The first kappa shape index (κ1) is 12.6. The molecular formula is C12H19BrN2S. The first-order valence-corrected chi connectivity index (χ1v) is 7.52. The van der Waals surface area contributed by atoms with Crippen LogP contribution in [0.25, 0.3) is 0 Å². The summed E-state index contributed by atoms with van der Waals surface area (Å²) in [6.45, 7) is 1.90. The molecular weight excluding hydrogens is 284 g/mol. The molecule has 90 valence electrons. The van der Waals surface area contributed by atoms with Crippen molar-refractivity contribution in [3.05, 3.63) is 20.8 Å². The van der Waals surface area contributed by atoms with E-state index in [4.69, 9.17) is 5.73 Å². The number of likely N-dealkylation sites (N-methyl/N-ethyl adjacent to an activating group) is 1. The van der Waals surface area contributed by atoms with E-state index < -0.39 is 0 Å². The number of hydrogen-bond acceptors (Lipinski definition) is 3. The van der Waals surface area contributed by atoms with E-state index in [9.17, 15) is 0 Å².